The molecule has 0 fully saturated rings. The van der Waals surface area contributed by atoms with Gasteiger partial charge in [-0.3, -0.25) is 31.8 Å². The van der Waals surface area contributed by atoms with Crippen LogP contribution in [0.25, 0.3) is 0 Å². The van der Waals surface area contributed by atoms with Crippen molar-refractivity contribution in [2.75, 3.05) is 5.73 Å². The highest BCUT2D eigenvalue weighted by molar-refractivity contribution is 5.65. The molecule has 0 saturated heterocycles. The predicted octanol–water partition coefficient (Wildman–Crippen LogP) is -1.05. The number of hydrogen-bond acceptors (Lipinski definition) is 10. The SMILES string of the molecule is Nc1cc(CC=[NH2+])ccc1O.[NH2+]=CCC1=CC=C(O)N=C=C1.[NH2+]=CCc1ccc(O)c(N=O)c1.[NH2+]=CCc1ccc(O)c([N+](=O)[O-])c1. The molecule has 0 aliphatic carbocycles. The van der Waals surface area contributed by atoms with Crippen LogP contribution in [0, 0.1) is 15.0 Å². The smallest absolute Gasteiger partial charge is 0.310 e. The summed E-state index contributed by atoms with van der Waals surface area (Å²) < 4.78 is 0. The van der Waals surface area contributed by atoms with Crippen molar-refractivity contribution in [1.29, 1.82) is 0 Å². The lowest BCUT2D eigenvalue weighted by Crippen LogP contribution is -2.30. The van der Waals surface area contributed by atoms with Crippen LogP contribution in [-0.4, -0.2) is 56.1 Å². The number of nitro benzene ring substituents is 1. The van der Waals surface area contributed by atoms with Crippen molar-refractivity contribution in [3.63, 3.8) is 0 Å². The number of nitrogen functional groups attached to an aromatic ring is 1. The molecule has 0 unspecified atom stereocenters. The van der Waals surface area contributed by atoms with Crippen LogP contribution >= 0.6 is 0 Å². The highest BCUT2D eigenvalue weighted by Gasteiger charge is 2.13. The molecule has 0 bridgehead atoms. The number of nitro groups is 1. The van der Waals surface area contributed by atoms with E-state index in [0.717, 1.165) is 16.7 Å². The average Bonchev–Trinajstić information content (AvgIpc) is 3.26. The van der Waals surface area contributed by atoms with Gasteiger partial charge in [0.05, 0.1) is 17.0 Å². The standard InChI is InChI=1S/C8H8N2O3.C8H8N2O2.C8H8N2O.C8H10N2O/c9-4-3-6-1-2-8(11)7(5-6)10(12)13;9-4-3-6-1-2-8(11)7(5-6)10-12;9-5-3-7-1-2-8(11)10-6-4-7;9-4-3-6-1-2-8(11)7(10)5-6/h1-2,4-5,9,11H,3H2;1-2,4-5,9,11H,3H2;1-2,4-5,9,11H,3H2;1-2,4-5,9,11H,3,10H2/p+4. The van der Waals surface area contributed by atoms with E-state index in [4.69, 9.17) is 47.8 Å². The fourth-order valence-corrected chi connectivity index (χ4v) is 3.46. The molecular weight excluding hydrogens is 608 g/mol. The van der Waals surface area contributed by atoms with E-state index in [1.807, 2.05) is 0 Å². The van der Waals surface area contributed by atoms with Gasteiger partial charge in [0.1, 0.15) is 42.0 Å². The summed E-state index contributed by atoms with van der Waals surface area (Å²) in [6.07, 6.45) is 13.2. The second-order valence-electron chi connectivity index (χ2n) is 9.30. The van der Waals surface area contributed by atoms with Crippen molar-refractivity contribution in [2.24, 2.45) is 10.2 Å². The first-order chi connectivity index (χ1) is 22.5. The summed E-state index contributed by atoms with van der Waals surface area (Å²) in [6.45, 7) is 0. The number of aliphatic imine (C=N–C) groups is 1. The fraction of sp³-hybridized carbons (Fsp3) is 0.125. The molecule has 0 aromatic heterocycles. The molecule has 244 valence electrons. The van der Waals surface area contributed by atoms with Gasteiger partial charge in [0.2, 0.25) is 5.88 Å². The van der Waals surface area contributed by atoms with E-state index in [-0.39, 0.29) is 34.5 Å². The zero-order valence-electron chi connectivity index (χ0n) is 25.3. The van der Waals surface area contributed by atoms with Crippen molar-refractivity contribution in [3.8, 4) is 17.2 Å². The van der Waals surface area contributed by atoms with E-state index < -0.39 is 4.92 Å². The van der Waals surface area contributed by atoms with Crippen LogP contribution < -0.4 is 27.4 Å². The van der Waals surface area contributed by atoms with Crippen molar-refractivity contribution < 1.29 is 47.0 Å². The highest BCUT2D eigenvalue weighted by atomic mass is 16.6. The van der Waals surface area contributed by atoms with Crippen LogP contribution in [0.1, 0.15) is 23.1 Å². The van der Waals surface area contributed by atoms with Gasteiger partial charge in [-0.15, -0.1) is 4.91 Å². The summed E-state index contributed by atoms with van der Waals surface area (Å²) >= 11 is 0. The summed E-state index contributed by atoms with van der Waals surface area (Å²) in [4.78, 5) is 23.4. The zero-order chi connectivity index (χ0) is 35.2. The molecule has 15 nitrogen and oxygen atoms in total. The van der Waals surface area contributed by atoms with E-state index in [9.17, 15) is 15.0 Å². The first-order valence-corrected chi connectivity index (χ1v) is 13.7. The van der Waals surface area contributed by atoms with Crippen LogP contribution in [0.5, 0.6) is 17.2 Å². The third kappa shape index (κ3) is 14.5. The summed E-state index contributed by atoms with van der Waals surface area (Å²) in [7, 11) is 0. The van der Waals surface area contributed by atoms with Gasteiger partial charge in [-0.05, 0) is 63.6 Å². The number of nitrogens with zero attached hydrogens (tertiary/aromatic N) is 3. The lowest BCUT2D eigenvalue weighted by atomic mass is 10.1. The van der Waals surface area contributed by atoms with E-state index in [1.54, 1.807) is 54.9 Å². The maximum Gasteiger partial charge on any atom is 0.310 e. The Labute approximate surface area is 269 Å². The first kappa shape index (κ1) is 38.3. The van der Waals surface area contributed by atoms with Crippen LogP contribution in [0.15, 0.2) is 94.5 Å². The van der Waals surface area contributed by atoms with E-state index in [1.165, 1.54) is 42.8 Å². The maximum absolute atomic E-state index is 10.4. The molecule has 1 aliphatic heterocycles. The number of benzene rings is 3. The number of allylic oxidation sites excluding steroid dienone is 4. The summed E-state index contributed by atoms with van der Waals surface area (Å²) in [5, 5.41) is 69.9. The number of phenols is 3. The molecule has 0 spiro atoms. The number of aliphatic hydroxyl groups excluding tert-OH is 1. The van der Waals surface area contributed by atoms with Gasteiger partial charge in [0.15, 0.2) is 5.75 Å². The minimum atomic E-state index is -0.630. The molecule has 0 atom stereocenters. The third-order valence-corrected chi connectivity index (χ3v) is 5.76. The Morgan fingerprint density at radius 3 is 1.79 bits per heavy atom. The minimum Gasteiger partial charge on any atom is -0.506 e. The van der Waals surface area contributed by atoms with E-state index in [0.29, 0.717) is 36.9 Å². The Balaban J connectivity index is 0.000000314. The number of aromatic hydroxyl groups is 3. The summed E-state index contributed by atoms with van der Waals surface area (Å²) in [5.74, 6) is 2.22. The van der Waals surface area contributed by atoms with Crippen molar-refractivity contribution in [2.45, 2.75) is 25.7 Å². The van der Waals surface area contributed by atoms with E-state index >= 15 is 0 Å². The molecule has 15 heteroatoms. The number of anilines is 1. The zero-order valence-corrected chi connectivity index (χ0v) is 25.3. The number of nitrogens with two attached hydrogens (primary N) is 5. The largest absolute Gasteiger partial charge is 0.506 e. The molecule has 1 heterocycles. The third-order valence-electron chi connectivity index (χ3n) is 5.76. The lowest BCUT2D eigenvalue weighted by Gasteiger charge is -1.99. The number of rotatable bonds is 10. The summed E-state index contributed by atoms with van der Waals surface area (Å²) in [6, 6.07) is 13.9. The number of aliphatic hydroxyl groups is 1. The summed E-state index contributed by atoms with van der Waals surface area (Å²) in [5.41, 5.74) is 9.12. The van der Waals surface area contributed by atoms with Gasteiger partial charge in [-0.2, -0.15) is 4.99 Å². The van der Waals surface area contributed by atoms with Gasteiger partial charge < -0.3 is 26.2 Å². The molecule has 47 heavy (non-hydrogen) atoms. The lowest BCUT2D eigenvalue weighted by molar-refractivity contribution is -0.385. The molecule has 0 saturated carbocycles. The van der Waals surface area contributed by atoms with Gasteiger partial charge in [0.25, 0.3) is 0 Å². The minimum absolute atomic E-state index is 0.0340. The molecule has 14 N–H and O–H groups in total. The fourth-order valence-electron chi connectivity index (χ4n) is 3.46. The van der Waals surface area contributed by atoms with Gasteiger partial charge in [-0.25, -0.2) is 0 Å². The van der Waals surface area contributed by atoms with Crippen LogP contribution in [0.3, 0.4) is 0 Å². The molecule has 1 aliphatic rings. The Morgan fingerprint density at radius 2 is 1.28 bits per heavy atom. The number of phenolic OH excluding ortho intramolecular Hbond substituents is 3. The molecule has 0 amide bonds. The Kier molecular flexibility index (Phi) is 17.2. The Morgan fingerprint density at radius 1 is 0.766 bits per heavy atom. The average molecular weight is 647 g/mol. The highest BCUT2D eigenvalue weighted by Crippen LogP contribution is 2.27. The number of nitroso groups, excluding NO2 is 1. The molecule has 4 rings (SSSR count). The topological polar surface area (TPSA) is 294 Å². The Bertz CT molecular complexity index is 1710. The first-order valence-electron chi connectivity index (χ1n) is 13.7. The van der Waals surface area contributed by atoms with Gasteiger partial charge in [-0.1, -0.05) is 24.3 Å². The normalized spacial score (nSPS) is 10.8. The van der Waals surface area contributed by atoms with Crippen molar-refractivity contribution in [3.05, 3.63) is 116 Å². The second-order valence-corrected chi connectivity index (χ2v) is 9.30. The second kappa shape index (κ2) is 21.1. The molecule has 3 aromatic carbocycles. The quantitative estimate of drug-likeness (QED) is 0.0326. The predicted molar refractivity (Wildman–Crippen MR) is 179 cm³/mol. The number of hydrogen-bond donors (Lipinski definition) is 9. The van der Waals surface area contributed by atoms with Gasteiger partial charge in [0, 0.05) is 37.5 Å². The maximum atomic E-state index is 10.4. The monoisotopic (exact) mass is 646 g/mol. The van der Waals surface area contributed by atoms with Crippen molar-refractivity contribution in [1.82, 2.24) is 0 Å². The van der Waals surface area contributed by atoms with Crippen molar-refractivity contribution >= 4 is 47.8 Å². The van der Waals surface area contributed by atoms with Crippen LogP contribution in [0.2, 0.25) is 0 Å². The molecule has 0 radical (unpaired) electrons. The van der Waals surface area contributed by atoms with Crippen LogP contribution in [0.4, 0.5) is 17.1 Å². The van der Waals surface area contributed by atoms with E-state index in [2.05, 4.69) is 16.0 Å². The van der Waals surface area contributed by atoms with Crippen LogP contribution in [-0.2, 0) is 19.3 Å². The molecule has 3 aromatic rings. The molecular formula is C32H38N8O7+4. The Hall–Kier alpha value is -6.73. The van der Waals surface area contributed by atoms with Gasteiger partial charge >= 0.3 is 5.69 Å².